The number of ether oxygens (including phenoxy) is 2. The fraction of sp³-hybridized carbons (Fsp3) is 0.841. The minimum absolute atomic E-state index is 0.00423. The molecule has 0 aliphatic carbocycles. The number of hydrogen-bond acceptors (Lipinski definition) is 9. The molecule has 0 aromatic rings. The lowest BCUT2D eigenvalue weighted by molar-refractivity contribution is -0.161. The van der Waals surface area contributed by atoms with Crippen LogP contribution in [0.15, 0.2) is 24.3 Å². The van der Waals surface area contributed by atoms with Gasteiger partial charge in [0.15, 0.2) is 6.10 Å². The summed E-state index contributed by atoms with van der Waals surface area (Å²) < 4.78 is 33.3. The Morgan fingerprint density at radius 3 is 1.57 bits per heavy atom. The zero-order chi connectivity index (χ0) is 41.4. The predicted octanol–water partition coefficient (Wildman–Crippen LogP) is 11.7. The molecule has 12 heteroatoms. The van der Waals surface area contributed by atoms with E-state index < -0.39 is 44.5 Å². The molecular formula is C44H82NO10P. The molecule has 0 radical (unpaired) electrons. The SMILES string of the molecule is CCCCC/C=C\C/C=C\CCCCCCCC(=O)O[C@H](COC(=O)CCCCCCCCCCCCCCCCC)COP(=O)(O)OCCNC(C)C(=O)O. The maximum absolute atomic E-state index is 12.7. The fourth-order valence-electron chi connectivity index (χ4n) is 6.08. The van der Waals surface area contributed by atoms with Crippen molar-refractivity contribution in [2.75, 3.05) is 26.4 Å². The van der Waals surface area contributed by atoms with Gasteiger partial charge in [-0.25, -0.2) is 4.57 Å². The van der Waals surface area contributed by atoms with Crippen molar-refractivity contribution < 1.29 is 47.5 Å². The van der Waals surface area contributed by atoms with Crippen LogP contribution in [0.4, 0.5) is 0 Å². The highest BCUT2D eigenvalue weighted by molar-refractivity contribution is 7.47. The van der Waals surface area contributed by atoms with Gasteiger partial charge in [-0.1, -0.05) is 160 Å². The second-order valence-corrected chi connectivity index (χ2v) is 16.5. The minimum atomic E-state index is -4.55. The molecule has 11 nitrogen and oxygen atoms in total. The van der Waals surface area contributed by atoms with Crippen LogP contribution in [0.1, 0.15) is 201 Å². The molecule has 0 heterocycles. The van der Waals surface area contributed by atoms with Crippen LogP contribution in [0.5, 0.6) is 0 Å². The van der Waals surface area contributed by atoms with Crippen molar-refractivity contribution in [1.29, 1.82) is 0 Å². The summed E-state index contributed by atoms with van der Waals surface area (Å²) in [5.74, 6) is -1.98. The Labute approximate surface area is 341 Å². The normalized spacial score (nSPS) is 13.9. The summed E-state index contributed by atoms with van der Waals surface area (Å²) in [5, 5.41) is 11.6. The summed E-state index contributed by atoms with van der Waals surface area (Å²) in [5.41, 5.74) is 0. The lowest BCUT2D eigenvalue weighted by Crippen LogP contribution is -2.35. The molecule has 0 saturated heterocycles. The van der Waals surface area contributed by atoms with E-state index in [0.29, 0.717) is 12.8 Å². The predicted molar refractivity (Wildman–Crippen MR) is 227 cm³/mol. The topological polar surface area (TPSA) is 158 Å². The number of phosphoric acid groups is 1. The third-order valence-electron chi connectivity index (χ3n) is 9.65. The molecule has 0 aromatic carbocycles. The van der Waals surface area contributed by atoms with Crippen LogP contribution in [0.2, 0.25) is 0 Å². The first kappa shape index (κ1) is 54.0. The van der Waals surface area contributed by atoms with Gasteiger partial charge in [-0.2, -0.15) is 0 Å². The van der Waals surface area contributed by atoms with Crippen molar-refractivity contribution in [3.05, 3.63) is 24.3 Å². The quantitative estimate of drug-likeness (QED) is 0.0233. The summed E-state index contributed by atoms with van der Waals surface area (Å²) in [6, 6.07) is -0.856. The summed E-state index contributed by atoms with van der Waals surface area (Å²) in [7, 11) is -4.55. The number of carboxylic acids is 1. The van der Waals surface area contributed by atoms with Crippen molar-refractivity contribution in [2.24, 2.45) is 0 Å². The Morgan fingerprint density at radius 1 is 0.607 bits per heavy atom. The number of hydrogen-bond donors (Lipinski definition) is 3. The van der Waals surface area contributed by atoms with E-state index in [4.69, 9.17) is 23.6 Å². The largest absolute Gasteiger partial charge is 0.480 e. The first-order valence-electron chi connectivity index (χ1n) is 22.3. The number of carbonyl (C=O) groups excluding carboxylic acids is 2. The second kappa shape index (κ2) is 39.8. The molecular weight excluding hydrogens is 733 g/mol. The Kier molecular flexibility index (Phi) is 38.3. The molecule has 2 unspecified atom stereocenters. The molecule has 0 fully saturated rings. The van der Waals surface area contributed by atoms with Crippen molar-refractivity contribution in [3.8, 4) is 0 Å². The molecule has 0 rings (SSSR count). The number of carboxylic acid groups (broad SMARTS) is 1. The number of phosphoric ester groups is 1. The molecule has 0 aliphatic rings. The summed E-state index contributed by atoms with van der Waals surface area (Å²) in [4.78, 5) is 46.2. The molecule has 0 saturated carbocycles. The third-order valence-corrected chi connectivity index (χ3v) is 10.6. The van der Waals surface area contributed by atoms with Crippen LogP contribution >= 0.6 is 7.82 Å². The number of carbonyl (C=O) groups is 3. The number of nitrogens with one attached hydrogen (secondary N) is 1. The molecule has 3 N–H and O–H groups in total. The summed E-state index contributed by atoms with van der Waals surface area (Å²) >= 11 is 0. The highest BCUT2D eigenvalue weighted by atomic mass is 31.2. The van der Waals surface area contributed by atoms with E-state index in [9.17, 15) is 23.8 Å². The van der Waals surface area contributed by atoms with Gasteiger partial charge < -0.3 is 24.8 Å². The minimum Gasteiger partial charge on any atom is -0.480 e. The van der Waals surface area contributed by atoms with Crippen LogP contribution in [0.3, 0.4) is 0 Å². The van der Waals surface area contributed by atoms with Crippen LogP contribution in [0, 0.1) is 0 Å². The lowest BCUT2D eigenvalue weighted by atomic mass is 10.0. The Bertz CT molecular complexity index is 1050. The Hall–Kier alpha value is -2.04. The van der Waals surface area contributed by atoms with Crippen LogP contribution in [-0.2, 0) is 37.5 Å². The van der Waals surface area contributed by atoms with Crippen molar-refractivity contribution in [1.82, 2.24) is 5.32 Å². The summed E-state index contributed by atoms with van der Waals surface area (Å²) in [6.07, 6.45) is 38.4. The number of aliphatic carboxylic acids is 1. The molecule has 0 aromatic heterocycles. The molecule has 0 amide bonds. The van der Waals surface area contributed by atoms with Gasteiger partial charge in [0.05, 0.1) is 13.2 Å². The summed E-state index contributed by atoms with van der Waals surface area (Å²) in [6.45, 7) is 4.82. The smallest absolute Gasteiger partial charge is 0.472 e. The number of esters is 2. The van der Waals surface area contributed by atoms with Crippen molar-refractivity contribution in [3.63, 3.8) is 0 Å². The average molecular weight is 816 g/mol. The molecule has 328 valence electrons. The van der Waals surface area contributed by atoms with E-state index in [2.05, 4.69) is 43.5 Å². The second-order valence-electron chi connectivity index (χ2n) is 15.1. The lowest BCUT2D eigenvalue weighted by Gasteiger charge is -2.20. The van der Waals surface area contributed by atoms with Crippen molar-refractivity contribution in [2.45, 2.75) is 213 Å². The molecule has 3 atom stereocenters. The van der Waals surface area contributed by atoms with Gasteiger partial charge in [-0.3, -0.25) is 23.4 Å². The van der Waals surface area contributed by atoms with E-state index in [1.165, 1.54) is 96.8 Å². The van der Waals surface area contributed by atoms with Gasteiger partial charge in [0, 0.05) is 19.4 Å². The average Bonchev–Trinajstić information content (AvgIpc) is 3.17. The fourth-order valence-corrected chi connectivity index (χ4v) is 6.83. The monoisotopic (exact) mass is 816 g/mol. The van der Waals surface area contributed by atoms with Gasteiger partial charge in [0.25, 0.3) is 0 Å². The molecule has 56 heavy (non-hydrogen) atoms. The van der Waals surface area contributed by atoms with Crippen LogP contribution in [-0.4, -0.2) is 66.4 Å². The van der Waals surface area contributed by atoms with Crippen molar-refractivity contribution >= 4 is 25.7 Å². The highest BCUT2D eigenvalue weighted by Gasteiger charge is 2.26. The van der Waals surface area contributed by atoms with E-state index in [0.717, 1.165) is 64.2 Å². The van der Waals surface area contributed by atoms with E-state index >= 15 is 0 Å². The molecule has 0 spiro atoms. The first-order valence-corrected chi connectivity index (χ1v) is 23.8. The maximum atomic E-state index is 12.7. The standard InChI is InChI=1S/C44H82NO10P/c1-4-6-8-10-12-14-16-18-20-22-24-26-28-30-32-34-42(46)52-38-41(39-54-56(50,51)53-37-36-45-40(3)44(48)49)55-43(47)35-33-31-29-27-25-23-21-19-17-15-13-11-9-7-5-2/h13,15,19,21,40-41,45H,4-12,14,16-18,20,22-39H2,1-3H3,(H,48,49)(H,50,51)/b15-13-,21-19-/t40?,41-/m1/s1. The Morgan fingerprint density at radius 2 is 1.05 bits per heavy atom. The first-order chi connectivity index (χ1) is 27.1. The van der Waals surface area contributed by atoms with E-state index in [1.54, 1.807) is 0 Å². The zero-order valence-corrected chi connectivity index (χ0v) is 36.6. The number of allylic oxidation sites excluding steroid dienone is 4. The van der Waals surface area contributed by atoms with Gasteiger partial charge in [0.1, 0.15) is 12.6 Å². The van der Waals surface area contributed by atoms with Gasteiger partial charge in [-0.05, 0) is 51.9 Å². The number of rotatable bonds is 42. The number of unbranched alkanes of at least 4 members (excludes halogenated alkanes) is 22. The molecule has 0 aliphatic heterocycles. The van der Waals surface area contributed by atoms with E-state index in [-0.39, 0.29) is 32.6 Å². The van der Waals surface area contributed by atoms with Crippen LogP contribution < -0.4 is 5.32 Å². The zero-order valence-electron chi connectivity index (χ0n) is 35.7. The Balaban J connectivity index is 4.44. The van der Waals surface area contributed by atoms with Gasteiger partial charge in [-0.15, -0.1) is 0 Å². The van der Waals surface area contributed by atoms with E-state index in [1.807, 2.05) is 0 Å². The maximum Gasteiger partial charge on any atom is 0.472 e. The van der Waals surface area contributed by atoms with Crippen LogP contribution in [0.25, 0.3) is 0 Å². The molecule has 0 bridgehead atoms. The van der Waals surface area contributed by atoms with Gasteiger partial charge >= 0.3 is 25.7 Å². The highest BCUT2D eigenvalue weighted by Crippen LogP contribution is 2.43. The van der Waals surface area contributed by atoms with Gasteiger partial charge in [0.2, 0.25) is 0 Å². The third kappa shape index (κ3) is 38.8.